The van der Waals surface area contributed by atoms with Gasteiger partial charge in [-0.1, -0.05) is 18.2 Å². The van der Waals surface area contributed by atoms with Gasteiger partial charge in [0.15, 0.2) is 5.82 Å². The van der Waals surface area contributed by atoms with Gasteiger partial charge in [0, 0.05) is 35.9 Å². The normalized spacial score (nSPS) is 10.5. The summed E-state index contributed by atoms with van der Waals surface area (Å²) in [5, 5.41) is 14.4. The quantitative estimate of drug-likeness (QED) is 0.503. The highest BCUT2D eigenvalue weighted by atomic mass is 16.3. The zero-order valence-corrected chi connectivity index (χ0v) is 15.6. The van der Waals surface area contributed by atoms with Crippen molar-refractivity contribution in [3.8, 4) is 11.3 Å². The molecule has 0 saturated carbocycles. The first-order valence-electron chi connectivity index (χ1n) is 8.60. The van der Waals surface area contributed by atoms with Crippen LogP contribution in [0.15, 0.2) is 53.5 Å². The largest absolute Gasteiger partial charge is 0.398 e. The fourth-order valence-electron chi connectivity index (χ4n) is 2.76. The van der Waals surface area contributed by atoms with Crippen LogP contribution in [-0.4, -0.2) is 27.2 Å². The Labute approximate surface area is 161 Å². The summed E-state index contributed by atoms with van der Waals surface area (Å²) in [6, 6.07) is 12.3. The number of aliphatic hydroxyl groups excluding tert-OH is 1. The molecule has 1 aromatic heterocycles. The van der Waals surface area contributed by atoms with Gasteiger partial charge in [-0.3, -0.25) is 9.59 Å². The molecule has 8 heteroatoms. The topological polar surface area (TPSA) is 122 Å². The SMILES string of the molecule is Cc1c(N)cccc1-c1cn(C)c(=O)c(Nc2cccc(NC(=O)CO)c2)n1. The zero-order chi connectivity index (χ0) is 20.3. The van der Waals surface area contributed by atoms with Gasteiger partial charge in [-0.25, -0.2) is 4.98 Å². The summed E-state index contributed by atoms with van der Waals surface area (Å²) in [7, 11) is 1.65. The van der Waals surface area contributed by atoms with Crippen molar-refractivity contribution in [3.63, 3.8) is 0 Å². The van der Waals surface area contributed by atoms with Crippen molar-refractivity contribution >= 4 is 28.8 Å². The van der Waals surface area contributed by atoms with Crippen molar-refractivity contribution in [1.29, 1.82) is 0 Å². The van der Waals surface area contributed by atoms with E-state index in [-0.39, 0.29) is 11.4 Å². The maximum absolute atomic E-state index is 12.5. The molecule has 3 aromatic rings. The van der Waals surface area contributed by atoms with Crippen LogP contribution in [0.3, 0.4) is 0 Å². The molecule has 5 N–H and O–H groups in total. The minimum atomic E-state index is -0.610. The van der Waals surface area contributed by atoms with Crippen molar-refractivity contribution < 1.29 is 9.90 Å². The number of carbonyl (C=O) groups is 1. The molecule has 0 aliphatic rings. The standard InChI is InChI=1S/C20H21N5O3/c1-12-15(7-4-8-16(12)21)17-10-25(2)20(28)19(24-17)23-14-6-3-5-13(9-14)22-18(27)11-26/h3-10,26H,11,21H2,1-2H3,(H,22,27)(H,23,24). The van der Waals surface area contributed by atoms with Crippen LogP contribution in [-0.2, 0) is 11.8 Å². The number of carbonyl (C=O) groups excluding carboxylic acids is 1. The maximum atomic E-state index is 12.5. The van der Waals surface area contributed by atoms with E-state index in [9.17, 15) is 9.59 Å². The molecule has 0 unspecified atom stereocenters. The van der Waals surface area contributed by atoms with Crippen LogP contribution in [0.1, 0.15) is 5.56 Å². The molecule has 1 heterocycles. The Bertz CT molecular complexity index is 1090. The first kappa shape index (κ1) is 19.1. The Morgan fingerprint density at radius 1 is 1.21 bits per heavy atom. The second-order valence-corrected chi connectivity index (χ2v) is 6.32. The summed E-state index contributed by atoms with van der Waals surface area (Å²) in [5.74, 6) is -0.377. The number of aryl methyl sites for hydroxylation is 1. The Hall–Kier alpha value is -3.65. The number of amides is 1. The predicted octanol–water partition coefficient (Wildman–Crippen LogP) is 2.01. The molecule has 0 radical (unpaired) electrons. The third kappa shape index (κ3) is 4.02. The molecular formula is C20H21N5O3. The summed E-state index contributed by atoms with van der Waals surface area (Å²) in [5.41, 5.74) is 9.73. The van der Waals surface area contributed by atoms with Crippen molar-refractivity contribution in [2.75, 3.05) is 23.0 Å². The van der Waals surface area contributed by atoms with Crippen LogP contribution in [0.25, 0.3) is 11.3 Å². The Balaban J connectivity index is 1.98. The van der Waals surface area contributed by atoms with E-state index >= 15 is 0 Å². The zero-order valence-electron chi connectivity index (χ0n) is 15.6. The van der Waals surface area contributed by atoms with Crippen molar-refractivity contribution in [1.82, 2.24) is 9.55 Å². The van der Waals surface area contributed by atoms with E-state index in [0.29, 0.717) is 22.8 Å². The number of nitrogens with two attached hydrogens (primary N) is 1. The number of nitrogens with one attached hydrogen (secondary N) is 2. The second kappa shape index (κ2) is 7.93. The lowest BCUT2D eigenvalue weighted by Crippen LogP contribution is -2.21. The molecule has 0 spiro atoms. The van der Waals surface area contributed by atoms with Crippen LogP contribution in [0.4, 0.5) is 22.9 Å². The summed E-state index contributed by atoms with van der Waals surface area (Å²) < 4.78 is 1.45. The number of nitrogen functional groups attached to an aromatic ring is 1. The molecule has 8 nitrogen and oxygen atoms in total. The van der Waals surface area contributed by atoms with E-state index in [1.807, 2.05) is 25.1 Å². The number of nitrogens with zero attached hydrogens (tertiary/aromatic N) is 2. The fourth-order valence-corrected chi connectivity index (χ4v) is 2.76. The monoisotopic (exact) mass is 379 g/mol. The lowest BCUT2D eigenvalue weighted by molar-refractivity contribution is -0.118. The van der Waals surface area contributed by atoms with Crippen LogP contribution in [0.2, 0.25) is 0 Å². The summed E-state index contributed by atoms with van der Waals surface area (Å²) in [4.78, 5) is 28.4. The highest BCUT2D eigenvalue weighted by molar-refractivity contribution is 5.92. The summed E-state index contributed by atoms with van der Waals surface area (Å²) in [6.07, 6.45) is 1.66. The molecule has 0 aliphatic carbocycles. The van der Waals surface area contributed by atoms with Gasteiger partial charge in [-0.2, -0.15) is 0 Å². The van der Waals surface area contributed by atoms with Crippen LogP contribution in [0.5, 0.6) is 0 Å². The van der Waals surface area contributed by atoms with Crippen LogP contribution >= 0.6 is 0 Å². The summed E-state index contributed by atoms with van der Waals surface area (Å²) in [6.45, 7) is 1.29. The fraction of sp³-hybridized carbons (Fsp3) is 0.150. The van der Waals surface area contributed by atoms with Crippen molar-refractivity contribution in [2.45, 2.75) is 6.92 Å². The van der Waals surface area contributed by atoms with Gasteiger partial charge in [-0.05, 0) is 36.8 Å². The first-order valence-corrected chi connectivity index (χ1v) is 8.60. The molecule has 0 atom stereocenters. The highest BCUT2D eigenvalue weighted by Gasteiger charge is 2.12. The minimum Gasteiger partial charge on any atom is -0.398 e. The number of hydrogen-bond acceptors (Lipinski definition) is 6. The van der Waals surface area contributed by atoms with Gasteiger partial charge in [0.05, 0.1) is 5.69 Å². The van der Waals surface area contributed by atoms with Crippen molar-refractivity contribution in [2.24, 2.45) is 7.05 Å². The van der Waals surface area contributed by atoms with E-state index in [1.54, 1.807) is 37.5 Å². The van der Waals surface area contributed by atoms with E-state index < -0.39 is 12.5 Å². The van der Waals surface area contributed by atoms with Gasteiger partial charge in [0.1, 0.15) is 6.61 Å². The molecule has 0 fully saturated rings. The summed E-state index contributed by atoms with van der Waals surface area (Å²) >= 11 is 0. The van der Waals surface area contributed by atoms with Gasteiger partial charge in [0.25, 0.3) is 5.56 Å². The van der Waals surface area contributed by atoms with E-state index in [2.05, 4.69) is 15.6 Å². The Morgan fingerprint density at radius 2 is 1.93 bits per heavy atom. The minimum absolute atomic E-state index is 0.146. The lowest BCUT2D eigenvalue weighted by Gasteiger charge is -2.13. The molecule has 0 aliphatic heterocycles. The number of anilines is 4. The first-order chi connectivity index (χ1) is 13.4. The van der Waals surface area contributed by atoms with Gasteiger partial charge < -0.3 is 26.0 Å². The molecule has 28 heavy (non-hydrogen) atoms. The van der Waals surface area contributed by atoms with E-state index in [1.165, 1.54) is 4.57 Å². The van der Waals surface area contributed by atoms with Crippen LogP contribution < -0.4 is 21.9 Å². The molecule has 3 rings (SSSR count). The van der Waals surface area contributed by atoms with Gasteiger partial charge >= 0.3 is 0 Å². The molecule has 0 bridgehead atoms. The number of rotatable bonds is 5. The smallest absolute Gasteiger partial charge is 0.293 e. The Morgan fingerprint density at radius 3 is 2.68 bits per heavy atom. The number of hydrogen-bond donors (Lipinski definition) is 4. The average Bonchev–Trinajstić information content (AvgIpc) is 2.67. The molecule has 144 valence electrons. The average molecular weight is 379 g/mol. The molecule has 2 aromatic carbocycles. The predicted molar refractivity (Wildman–Crippen MR) is 110 cm³/mol. The Kier molecular flexibility index (Phi) is 5.42. The second-order valence-electron chi connectivity index (χ2n) is 6.32. The third-order valence-electron chi connectivity index (χ3n) is 4.28. The van der Waals surface area contributed by atoms with E-state index in [4.69, 9.17) is 10.8 Å². The number of benzene rings is 2. The number of aromatic nitrogens is 2. The van der Waals surface area contributed by atoms with Gasteiger partial charge in [0.2, 0.25) is 5.91 Å². The van der Waals surface area contributed by atoms with Crippen LogP contribution in [0, 0.1) is 6.92 Å². The van der Waals surface area contributed by atoms with E-state index in [0.717, 1.165) is 11.1 Å². The molecular weight excluding hydrogens is 358 g/mol. The number of aliphatic hydroxyl groups is 1. The molecule has 0 saturated heterocycles. The van der Waals surface area contributed by atoms with Crippen molar-refractivity contribution in [3.05, 3.63) is 64.6 Å². The lowest BCUT2D eigenvalue weighted by atomic mass is 10.0. The maximum Gasteiger partial charge on any atom is 0.293 e. The molecule has 1 amide bonds. The third-order valence-corrected chi connectivity index (χ3v) is 4.28. The van der Waals surface area contributed by atoms with Gasteiger partial charge in [-0.15, -0.1) is 0 Å². The highest BCUT2D eigenvalue weighted by Crippen LogP contribution is 2.26.